The van der Waals surface area contributed by atoms with Crippen molar-refractivity contribution in [2.24, 2.45) is 5.92 Å². The van der Waals surface area contributed by atoms with Crippen molar-refractivity contribution in [3.63, 3.8) is 0 Å². The fourth-order valence-electron chi connectivity index (χ4n) is 3.73. The van der Waals surface area contributed by atoms with E-state index in [1.165, 1.54) is 12.5 Å². The largest absolute Gasteiger partial charge is 0.375 e. The summed E-state index contributed by atoms with van der Waals surface area (Å²) in [5, 5.41) is 0. The van der Waals surface area contributed by atoms with Crippen molar-refractivity contribution in [2.45, 2.75) is 50.5 Å². The lowest BCUT2D eigenvalue weighted by Crippen LogP contribution is -2.43. The molecule has 0 amide bonds. The predicted octanol–water partition coefficient (Wildman–Crippen LogP) is 4.28. The molecule has 0 radical (unpaired) electrons. The van der Waals surface area contributed by atoms with Crippen LogP contribution in [0.4, 0.5) is 8.78 Å². The zero-order chi connectivity index (χ0) is 14.9. The summed E-state index contributed by atoms with van der Waals surface area (Å²) in [6, 6.07) is 3.58. The van der Waals surface area contributed by atoms with Gasteiger partial charge in [-0.1, -0.05) is 25.3 Å². The van der Waals surface area contributed by atoms with Crippen molar-refractivity contribution in [1.29, 1.82) is 0 Å². The van der Waals surface area contributed by atoms with Crippen LogP contribution in [-0.2, 0) is 4.74 Å². The summed E-state index contributed by atoms with van der Waals surface area (Å²) in [4.78, 5) is 12.5. The Labute approximate surface area is 123 Å². The molecule has 1 spiro atoms. The monoisotopic (exact) mass is 294 g/mol. The second-order valence-electron chi connectivity index (χ2n) is 6.24. The molecule has 0 aromatic heterocycles. The molecule has 1 aromatic rings. The van der Waals surface area contributed by atoms with E-state index in [4.69, 9.17) is 4.74 Å². The highest BCUT2D eigenvalue weighted by atomic mass is 19.1. The topological polar surface area (TPSA) is 26.3 Å². The summed E-state index contributed by atoms with van der Waals surface area (Å²) >= 11 is 0. The molecule has 1 aromatic carbocycles. The molecule has 1 aliphatic heterocycles. The first-order valence-corrected chi connectivity index (χ1v) is 7.73. The van der Waals surface area contributed by atoms with Crippen molar-refractivity contribution in [2.75, 3.05) is 6.61 Å². The standard InChI is InChI=1S/C17H20F2O2/c18-13-5-4-6-14(19)15(13)16(20)12-7-10-21-17(11-12)8-2-1-3-9-17/h4-6,12H,1-3,7-11H2. The number of carbonyl (C=O) groups excluding carboxylic acids is 1. The maximum absolute atomic E-state index is 13.8. The van der Waals surface area contributed by atoms with Gasteiger partial charge in [-0.25, -0.2) is 8.78 Å². The fraction of sp³-hybridized carbons (Fsp3) is 0.588. The van der Waals surface area contributed by atoms with Gasteiger partial charge in [0.2, 0.25) is 0 Å². The van der Waals surface area contributed by atoms with E-state index in [1.54, 1.807) is 0 Å². The Hall–Kier alpha value is -1.29. The number of benzene rings is 1. The number of Topliss-reactive ketones (excluding diaryl/α,β-unsaturated/α-hetero) is 1. The Morgan fingerprint density at radius 1 is 1.14 bits per heavy atom. The first-order valence-electron chi connectivity index (χ1n) is 7.73. The molecule has 1 heterocycles. The summed E-state index contributed by atoms with van der Waals surface area (Å²) in [5.41, 5.74) is -0.617. The Morgan fingerprint density at radius 3 is 2.48 bits per heavy atom. The molecule has 1 aliphatic carbocycles. The molecule has 2 aliphatic rings. The van der Waals surface area contributed by atoms with Crippen LogP contribution in [0, 0.1) is 17.6 Å². The van der Waals surface area contributed by atoms with Gasteiger partial charge in [0.05, 0.1) is 11.2 Å². The molecule has 1 saturated carbocycles. The number of ether oxygens (including phenoxy) is 1. The number of halogens is 2. The van der Waals surface area contributed by atoms with E-state index in [0.717, 1.165) is 37.8 Å². The number of ketones is 1. The van der Waals surface area contributed by atoms with Crippen LogP contribution in [0.2, 0.25) is 0 Å². The zero-order valence-electron chi connectivity index (χ0n) is 12.0. The Bertz CT molecular complexity index is 510. The van der Waals surface area contributed by atoms with Crippen LogP contribution < -0.4 is 0 Å². The molecule has 1 saturated heterocycles. The van der Waals surface area contributed by atoms with Crippen molar-refractivity contribution in [3.8, 4) is 0 Å². The van der Waals surface area contributed by atoms with Gasteiger partial charge >= 0.3 is 0 Å². The maximum atomic E-state index is 13.8. The minimum absolute atomic E-state index is 0.238. The smallest absolute Gasteiger partial charge is 0.172 e. The molecule has 4 heteroatoms. The Morgan fingerprint density at radius 2 is 1.81 bits per heavy atom. The SMILES string of the molecule is O=C(c1c(F)cccc1F)C1CCOC2(CCCCC2)C1. The summed E-state index contributed by atoms with van der Waals surface area (Å²) in [6.45, 7) is 0.506. The molecular weight excluding hydrogens is 274 g/mol. The molecule has 21 heavy (non-hydrogen) atoms. The van der Waals surface area contributed by atoms with Gasteiger partial charge in [0.1, 0.15) is 11.6 Å². The average molecular weight is 294 g/mol. The molecule has 1 atom stereocenters. The van der Waals surface area contributed by atoms with Crippen molar-refractivity contribution in [3.05, 3.63) is 35.4 Å². The van der Waals surface area contributed by atoms with E-state index < -0.39 is 17.4 Å². The molecular formula is C17H20F2O2. The van der Waals surface area contributed by atoms with Crippen LogP contribution in [0.15, 0.2) is 18.2 Å². The molecule has 2 nitrogen and oxygen atoms in total. The van der Waals surface area contributed by atoms with Crippen LogP contribution in [-0.4, -0.2) is 18.0 Å². The van der Waals surface area contributed by atoms with Crippen LogP contribution in [0.25, 0.3) is 0 Å². The molecule has 3 rings (SSSR count). The average Bonchev–Trinajstić information content (AvgIpc) is 2.48. The Balaban J connectivity index is 1.81. The summed E-state index contributed by atoms with van der Waals surface area (Å²) < 4.78 is 33.5. The third-order valence-electron chi connectivity index (χ3n) is 4.84. The van der Waals surface area contributed by atoms with Gasteiger partial charge in [0, 0.05) is 12.5 Å². The van der Waals surface area contributed by atoms with Crippen LogP contribution in [0.3, 0.4) is 0 Å². The lowest BCUT2D eigenvalue weighted by Gasteiger charge is -2.43. The molecule has 1 unspecified atom stereocenters. The molecule has 0 N–H and O–H groups in total. The quantitative estimate of drug-likeness (QED) is 0.761. The van der Waals surface area contributed by atoms with Crippen molar-refractivity contribution >= 4 is 5.78 Å². The number of hydrogen-bond acceptors (Lipinski definition) is 2. The first kappa shape index (κ1) is 14.6. The van der Waals surface area contributed by atoms with Gasteiger partial charge in [-0.2, -0.15) is 0 Å². The summed E-state index contributed by atoms with van der Waals surface area (Å²) in [7, 11) is 0. The van der Waals surface area contributed by atoms with Gasteiger partial charge in [-0.15, -0.1) is 0 Å². The highest BCUT2D eigenvalue weighted by molar-refractivity contribution is 5.98. The summed E-state index contributed by atoms with van der Waals surface area (Å²) in [5.74, 6) is -2.25. The lowest BCUT2D eigenvalue weighted by atomic mass is 9.74. The third-order valence-corrected chi connectivity index (χ3v) is 4.84. The van der Waals surface area contributed by atoms with Crippen molar-refractivity contribution < 1.29 is 18.3 Å². The molecule has 0 bridgehead atoms. The van der Waals surface area contributed by atoms with Crippen molar-refractivity contribution in [1.82, 2.24) is 0 Å². The number of hydrogen-bond donors (Lipinski definition) is 0. The van der Waals surface area contributed by atoms with E-state index in [1.807, 2.05) is 0 Å². The van der Waals surface area contributed by atoms with Gasteiger partial charge in [-0.05, 0) is 37.8 Å². The van der Waals surface area contributed by atoms with Crippen LogP contribution in [0.1, 0.15) is 55.3 Å². The van der Waals surface area contributed by atoms with Crippen LogP contribution >= 0.6 is 0 Å². The van der Waals surface area contributed by atoms with Gasteiger partial charge in [-0.3, -0.25) is 4.79 Å². The fourth-order valence-corrected chi connectivity index (χ4v) is 3.73. The minimum Gasteiger partial charge on any atom is -0.375 e. The zero-order valence-corrected chi connectivity index (χ0v) is 12.0. The Kier molecular flexibility index (Phi) is 4.07. The van der Waals surface area contributed by atoms with Gasteiger partial charge in [0.15, 0.2) is 5.78 Å². The van der Waals surface area contributed by atoms with E-state index in [2.05, 4.69) is 0 Å². The van der Waals surface area contributed by atoms with Crippen LogP contribution in [0.5, 0.6) is 0 Å². The third kappa shape index (κ3) is 2.86. The normalized spacial score (nSPS) is 25.0. The predicted molar refractivity (Wildman–Crippen MR) is 75.2 cm³/mol. The second-order valence-corrected chi connectivity index (χ2v) is 6.24. The lowest BCUT2D eigenvalue weighted by molar-refractivity contribution is -0.111. The number of carbonyl (C=O) groups is 1. The van der Waals surface area contributed by atoms with Gasteiger partial charge in [0.25, 0.3) is 0 Å². The van der Waals surface area contributed by atoms with Gasteiger partial charge < -0.3 is 4.74 Å². The highest BCUT2D eigenvalue weighted by Gasteiger charge is 2.41. The van der Waals surface area contributed by atoms with E-state index >= 15 is 0 Å². The second kappa shape index (κ2) is 5.84. The molecule has 2 fully saturated rings. The van der Waals surface area contributed by atoms with E-state index in [-0.39, 0.29) is 17.1 Å². The van der Waals surface area contributed by atoms with E-state index in [0.29, 0.717) is 19.4 Å². The number of rotatable bonds is 2. The summed E-state index contributed by atoms with van der Waals surface area (Å²) in [6.07, 6.45) is 6.47. The molecule has 114 valence electrons. The van der Waals surface area contributed by atoms with E-state index in [9.17, 15) is 13.6 Å². The maximum Gasteiger partial charge on any atom is 0.172 e. The first-order chi connectivity index (χ1) is 10.1. The highest BCUT2D eigenvalue weighted by Crippen LogP contribution is 2.41. The minimum atomic E-state index is -0.760.